The Morgan fingerprint density at radius 1 is 0.844 bits per heavy atom. The average molecular weight is 1280 g/mol. The number of nitrogens with one attached hydrogen (secondary N) is 2. The van der Waals surface area contributed by atoms with Crippen LogP contribution in [0.4, 0.5) is 5.13 Å². The van der Waals surface area contributed by atoms with Crippen molar-refractivity contribution in [3.63, 3.8) is 0 Å². The van der Waals surface area contributed by atoms with E-state index in [1.54, 1.807) is 46.6 Å². The van der Waals surface area contributed by atoms with Crippen molar-refractivity contribution >= 4 is 69.2 Å². The molecule has 480 valence electrons. The molecule has 4 aliphatic rings. The fourth-order valence-electron chi connectivity index (χ4n) is 14.2. The number of thiazole rings is 2. The maximum Gasteiger partial charge on any atom is 0.313 e. The maximum atomic E-state index is 15.7. The molecule has 3 N–H and O–H groups in total. The van der Waals surface area contributed by atoms with Crippen LogP contribution in [0.5, 0.6) is 11.5 Å². The van der Waals surface area contributed by atoms with E-state index in [1.165, 1.54) is 23.1 Å². The predicted octanol–water partition coefficient (Wildman–Crippen LogP) is 14.1. The first-order valence-electron chi connectivity index (χ1n) is 32.1. The van der Waals surface area contributed by atoms with Crippen LogP contribution in [0.1, 0.15) is 167 Å². The van der Waals surface area contributed by atoms with Crippen molar-refractivity contribution in [2.24, 2.45) is 28.6 Å². The SMILES string of the molecule is COc1cc(C)c(Sc2cnc(NC(=O)c3ccc(OC4CCCC(C5CCCCCC(C(=O)OCc6ccccc6)([C@H](C(=O)N6C[C@H](O)C[C@H]6C(=O)N[C@@H](C)c6ccc(-c7scnc7C)cc6)C(C)(C)C)CCC5)CC4)cc3)s2)cc1C(=O)N1CCOCC1. The zero-order valence-electron chi connectivity index (χ0n) is 53.1. The Kier molecular flexibility index (Phi) is 22.2. The molecular formula is C71H88N6O10S3. The zero-order valence-corrected chi connectivity index (χ0v) is 55.6. The molecule has 16 nitrogen and oxygen atoms in total. The van der Waals surface area contributed by atoms with Gasteiger partial charge in [-0.3, -0.25) is 29.3 Å². The highest BCUT2D eigenvalue weighted by molar-refractivity contribution is 8.01. The number of β-amino-alcohol motifs (C(OH)–C–C–N with tert-alkyl or cyclic N) is 1. The number of benzene rings is 4. The van der Waals surface area contributed by atoms with E-state index in [9.17, 15) is 19.5 Å². The summed E-state index contributed by atoms with van der Waals surface area (Å²) >= 11 is 4.44. The van der Waals surface area contributed by atoms with E-state index in [1.807, 2.05) is 126 Å². The van der Waals surface area contributed by atoms with Crippen LogP contribution in [0.2, 0.25) is 0 Å². The van der Waals surface area contributed by atoms with Gasteiger partial charge < -0.3 is 39.2 Å². The van der Waals surface area contributed by atoms with Gasteiger partial charge in [-0.2, -0.15) is 0 Å². The number of hydrogen-bond acceptors (Lipinski definition) is 15. The highest BCUT2D eigenvalue weighted by Crippen LogP contribution is 2.52. The van der Waals surface area contributed by atoms with Crippen LogP contribution in [0.3, 0.4) is 0 Å². The van der Waals surface area contributed by atoms with Crippen molar-refractivity contribution < 1.29 is 48.0 Å². The number of aryl methyl sites for hydroxylation is 2. The van der Waals surface area contributed by atoms with Crippen LogP contribution in [-0.2, 0) is 30.5 Å². The molecule has 19 heteroatoms. The average Bonchev–Trinajstić information content (AvgIpc) is 1.14. The molecule has 2 aromatic heterocycles. The summed E-state index contributed by atoms with van der Waals surface area (Å²) in [5, 5.41) is 17.9. The van der Waals surface area contributed by atoms with Crippen molar-refractivity contribution in [2.75, 3.05) is 45.3 Å². The minimum absolute atomic E-state index is 0.000622. The summed E-state index contributed by atoms with van der Waals surface area (Å²) in [6.07, 6.45) is 12.3. The monoisotopic (exact) mass is 1280 g/mol. The lowest BCUT2D eigenvalue weighted by Gasteiger charge is -2.47. The molecule has 4 fully saturated rings. The summed E-state index contributed by atoms with van der Waals surface area (Å²) in [7, 11) is 1.57. The number of aliphatic hydroxyl groups excluding tert-OH is 1. The summed E-state index contributed by atoms with van der Waals surface area (Å²) in [6.45, 7) is 14.1. The second kappa shape index (κ2) is 30.2. The second-order valence-corrected chi connectivity index (χ2v) is 29.3. The summed E-state index contributed by atoms with van der Waals surface area (Å²) in [6, 6.07) is 27.5. The van der Waals surface area contributed by atoms with Gasteiger partial charge in [-0.25, -0.2) is 9.97 Å². The van der Waals surface area contributed by atoms with E-state index in [2.05, 4.69) is 20.6 Å². The van der Waals surface area contributed by atoms with Gasteiger partial charge in [-0.1, -0.05) is 143 Å². The van der Waals surface area contributed by atoms with Crippen LogP contribution in [-0.4, -0.2) is 113 Å². The number of amides is 4. The Morgan fingerprint density at radius 2 is 1.57 bits per heavy atom. The molecule has 0 radical (unpaired) electrons. The van der Waals surface area contributed by atoms with Crippen LogP contribution in [0.15, 0.2) is 112 Å². The Labute approximate surface area is 542 Å². The molecule has 90 heavy (non-hydrogen) atoms. The van der Waals surface area contributed by atoms with Crippen molar-refractivity contribution in [1.29, 1.82) is 0 Å². The van der Waals surface area contributed by atoms with Gasteiger partial charge in [0.1, 0.15) is 24.1 Å². The Bertz CT molecular complexity index is 3420. The minimum Gasteiger partial charge on any atom is -0.496 e. The third-order valence-electron chi connectivity index (χ3n) is 18.8. The fourth-order valence-corrected chi connectivity index (χ4v) is 16.9. The van der Waals surface area contributed by atoms with Gasteiger partial charge in [0.05, 0.1) is 82.0 Å². The van der Waals surface area contributed by atoms with Crippen molar-refractivity contribution in [3.05, 3.63) is 136 Å². The Morgan fingerprint density at radius 3 is 2.29 bits per heavy atom. The number of rotatable bonds is 18. The number of carbonyl (C=O) groups is 5. The predicted molar refractivity (Wildman–Crippen MR) is 353 cm³/mol. The molecule has 2 aliphatic carbocycles. The lowest BCUT2D eigenvalue weighted by Crippen LogP contribution is -2.56. The zero-order chi connectivity index (χ0) is 63.5. The van der Waals surface area contributed by atoms with Crippen LogP contribution < -0.4 is 20.1 Å². The van der Waals surface area contributed by atoms with Crippen molar-refractivity contribution in [1.82, 2.24) is 25.1 Å². The van der Waals surface area contributed by atoms with Gasteiger partial charge in [-0.15, -0.1) is 11.3 Å². The molecule has 2 aliphatic heterocycles. The fraction of sp³-hybridized carbons (Fsp3) is 0.507. The molecule has 8 atom stereocenters. The summed E-state index contributed by atoms with van der Waals surface area (Å²) < 4.78 is 25.0. The second-order valence-electron chi connectivity index (χ2n) is 26.1. The van der Waals surface area contributed by atoms with Gasteiger partial charge in [0.2, 0.25) is 11.8 Å². The molecule has 2 saturated heterocycles. The highest BCUT2D eigenvalue weighted by Gasteiger charge is 2.57. The molecule has 4 unspecified atom stereocenters. The lowest BCUT2D eigenvalue weighted by molar-refractivity contribution is -0.174. The van der Waals surface area contributed by atoms with Gasteiger partial charge in [-0.05, 0) is 135 Å². The van der Waals surface area contributed by atoms with E-state index in [4.69, 9.17) is 18.9 Å². The third-order valence-corrected chi connectivity index (χ3v) is 22.0. The third kappa shape index (κ3) is 16.2. The highest BCUT2D eigenvalue weighted by atomic mass is 32.2. The number of nitrogens with zero attached hydrogens (tertiary/aromatic N) is 4. The van der Waals surface area contributed by atoms with Gasteiger partial charge >= 0.3 is 5.97 Å². The molecule has 4 heterocycles. The molecule has 6 aromatic rings. The van der Waals surface area contributed by atoms with Gasteiger partial charge in [0, 0.05) is 36.5 Å². The van der Waals surface area contributed by atoms with Crippen LogP contribution in [0, 0.1) is 42.4 Å². The van der Waals surface area contributed by atoms with E-state index >= 15 is 9.59 Å². The van der Waals surface area contributed by atoms with E-state index in [-0.39, 0.29) is 61.3 Å². The van der Waals surface area contributed by atoms with Crippen LogP contribution in [0.25, 0.3) is 10.4 Å². The smallest absolute Gasteiger partial charge is 0.313 e. The molecule has 4 amide bonds. The molecule has 4 aromatic carbocycles. The largest absolute Gasteiger partial charge is 0.496 e. The van der Waals surface area contributed by atoms with Gasteiger partial charge in [0.15, 0.2) is 5.13 Å². The number of hydrogen-bond donors (Lipinski definition) is 3. The molecule has 2 saturated carbocycles. The molecule has 0 bridgehead atoms. The topological polar surface area (TPSA) is 199 Å². The number of anilines is 1. The number of aromatic nitrogens is 2. The first-order valence-corrected chi connectivity index (χ1v) is 34.7. The number of likely N-dealkylation sites (tertiary alicyclic amines) is 1. The van der Waals surface area contributed by atoms with Crippen molar-refractivity contribution in [3.8, 4) is 21.9 Å². The van der Waals surface area contributed by atoms with Crippen LogP contribution >= 0.6 is 34.4 Å². The first kappa shape index (κ1) is 66.3. The summed E-state index contributed by atoms with van der Waals surface area (Å²) in [4.78, 5) is 86.9. The maximum absolute atomic E-state index is 15.7. The molecular weight excluding hydrogens is 1190 g/mol. The first-order chi connectivity index (χ1) is 43.4. The van der Waals surface area contributed by atoms with E-state index in [0.717, 1.165) is 118 Å². The molecule has 10 rings (SSSR count). The Hall–Kier alpha value is -6.64. The number of esters is 1. The number of ether oxygens (including phenoxy) is 4. The van der Waals surface area contributed by atoms with Crippen molar-refractivity contribution in [2.45, 2.75) is 171 Å². The molecule has 0 spiro atoms. The number of methoxy groups -OCH3 is 1. The quantitative estimate of drug-likeness (QED) is 0.0543. The van der Waals surface area contributed by atoms with Gasteiger partial charge in [0.25, 0.3) is 11.8 Å². The number of morpholine rings is 1. The standard InChI is InChI=1S/C71H88N6O10S3/c1-45-38-59(84-7)57(66(81)76-34-36-85-37-35-76)40-60(45)89-61-41-72-69(90-61)75-64(79)53-27-30-56(31-28-53)87-55-21-14-19-51(26-29-55)50-18-12-9-13-32-71(33-15-20-50,68(83)86-43-48-16-10-8-11-17-48)63(70(4,5)6)67(82)77-42-54(78)39-58(77)65(80)74-46(2)49-22-24-52(25-23-49)62-47(3)73-44-88-62/h8,10-11,16-17,22-25,27-28,30-31,38,40-41,44,46,50-51,54-55,58,63,78H,9,12-15,18-21,26,29,32-37,39,42-43H2,1-7H3,(H,74,80)(H,72,75,79)/t46-,50?,51?,54+,55?,58-,63+,71?/m0/s1. The number of aliphatic hydroxyl groups is 1. The number of carbonyl (C=O) groups excluding carboxylic acids is 5. The minimum atomic E-state index is -1.19. The summed E-state index contributed by atoms with van der Waals surface area (Å²) in [5.74, 6) is -0.0424. The lowest BCUT2D eigenvalue weighted by atomic mass is 9.58. The van der Waals surface area contributed by atoms with E-state index < -0.39 is 28.9 Å². The summed E-state index contributed by atoms with van der Waals surface area (Å²) in [5.41, 5.74) is 5.68. The Balaban J connectivity index is 0.770. The van der Waals surface area contributed by atoms with E-state index in [0.29, 0.717) is 73.0 Å². The normalized spacial score (nSPS) is 22.6.